The maximum Gasteiger partial charge on any atom is 0.121 e. The number of aliphatic hydroxyl groups excluding tert-OH is 1. The number of rotatable bonds is 2. The molecule has 2 aromatic carbocycles. The highest BCUT2D eigenvalue weighted by Crippen LogP contribution is 2.30. The van der Waals surface area contributed by atoms with Gasteiger partial charge in [0.1, 0.15) is 5.75 Å². The van der Waals surface area contributed by atoms with E-state index in [9.17, 15) is 5.11 Å². The van der Waals surface area contributed by atoms with Crippen LogP contribution >= 0.6 is 0 Å². The van der Waals surface area contributed by atoms with Crippen molar-refractivity contribution in [3.05, 3.63) is 42.0 Å². The number of aromatic hydroxyl groups is 1. The highest BCUT2D eigenvalue weighted by Gasteiger charge is 2.13. The zero-order chi connectivity index (χ0) is 10.8. The van der Waals surface area contributed by atoms with Crippen LogP contribution in [0.3, 0.4) is 0 Å². The quantitative estimate of drug-likeness (QED) is 0.693. The number of phenolic OH excluding ortho intramolecular Hbond substituents is 1. The van der Waals surface area contributed by atoms with E-state index in [1.807, 2.05) is 30.3 Å². The summed E-state index contributed by atoms with van der Waals surface area (Å²) in [5.41, 5.74) is 6.36. The largest absolute Gasteiger partial charge is 0.508 e. The Morgan fingerprint density at radius 3 is 2.60 bits per heavy atom. The standard InChI is InChI=1S/C12H13NO2/c13-10(7-14)12-9-4-2-1-3-8(9)5-6-11(12)15/h1-6,10,14-15H,7,13H2/t10-/m0/s1. The van der Waals surface area contributed by atoms with Crippen LogP contribution in [-0.4, -0.2) is 16.8 Å². The monoisotopic (exact) mass is 203 g/mol. The second-order valence-electron chi connectivity index (χ2n) is 3.51. The number of benzene rings is 2. The van der Waals surface area contributed by atoms with Gasteiger partial charge in [-0.15, -0.1) is 0 Å². The van der Waals surface area contributed by atoms with Crippen LogP contribution < -0.4 is 5.73 Å². The zero-order valence-electron chi connectivity index (χ0n) is 8.22. The first-order valence-corrected chi connectivity index (χ1v) is 4.81. The minimum absolute atomic E-state index is 0.134. The molecule has 0 unspecified atom stereocenters. The third-order valence-corrected chi connectivity index (χ3v) is 2.52. The topological polar surface area (TPSA) is 66.5 Å². The van der Waals surface area contributed by atoms with Crippen LogP contribution in [0.1, 0.15) is 11.6 Å². The second kappa shape index (κ2) is 3.88. The summed E-state index contributed by atoms with van der Waals surface area (Å²) in [6.45, 7) is -0.179. The molecular formula is C12H13NO2. The first kappa shape index (κ1) is 9.96. The van der Waals surface area contributed by atoms with Crippen LogP contribution in [-0.2, 0) is 0 Å². The Kier molecular flexibility index (Phi) is 2.58. The molecule has 1 atom stereocenters. The fraction of sp³-hybridized carbons (Fsp3) is 0.167. The van der Waals surface area contributed by atoms with Crippen LogP contribution in [0.2, 0.25) is 0 Å². The van der Waals surface area contributed by atoms with Gasteiger partial charge in [-0.3, -0.25) is 0 Å². The molecule has 0 aliphatic heterocycles. The van der Waals surface area contributed by atoms with Crippen molar-refractivity contribution in [2.24, 2.45) is 5.73 Å². The number of hydrogen-bond acceptors (Lipinski definition) is 3. The number of phenols is 1. The third-order valence-electron chi connectivity index (χ3n) is 2.52. The maximum atomic E-state index is 9.72. The van der Waals surface area contributed by atoms with Gasteiger partial charge in [0, 0.05) is 5.56 Å². The van der Waals surface area contributed by atoms with Gasteiger partial charge >= 0.3 is 0 Å². The number of aliphatic hydroxyl groups is 1. The lowest BCUT2D eigenvalue weighted by Crippen LogP contribution is -2.15. The summed E-state index contributed by atoms with van der Waals surface area (Å²) in [5.74, 6) is 0.134. The molecule has 0 aliphatic carbocycles. The van der Waals surface area contributed by atoms with Crippen LogP contribution in [0.25, 0.3) is 10.8 Å². The summed E-state index contributed by atoms with van der Waals surface area (Å²) < 4.78 is 0. The molecule has 0 fully saturated rings. The van der Waals surface area contributed by atoms with Crippen molar-refractivity contribution >= 4 is 10.8 Å². The van der Waals surface area contributed by atoms with E-state index in [2.05, 4.69) is 0 Å². The molecule has 0 radical (unpaired) electrons. The van der Waals surface area contributed by atoms with E-state index in [-0.39, 0.29) is 12.4 Å². The summed E-state index contributed by atoms with van der Waals surface area (Å²) >= 11 is 0. The van der Waals surface area contributed by atoms with E-state index in [4.69, 9.17) is 10.8 Å². The van der Waals surface area contributed by atoms with E-state index in [1.165, 1.54) is 0 Å². The van der Waals surface area contributed by atoms with Crippen LogP contribution in [0.4, 0.5) is 0 Å². The van der Waals surface area contributed by atoms with Crippen molar-refractivity contribution in [3.63, 3.8) is 0 Å². The highest BCUT2D eigenvalue weighted by atomic mass is 16.3. The summed E-state index contributed by atoms with van der Waals surface area (Å²) in [7, 11) is 0. The fourth-order valence-corrected chi connectivity index (χ4v) is 1.77. The van der Waals surface area contributed by atoms with Gasteiger partial charge in [0.2, 0.25) is 0 Å². The van der Waals surface area contributed by atoms with Gasteiger partial charge in [-0.2, -0.15) is 0 Å². The van der Waals surface area contributed by atoms with Crippen LogP contribution in [0.5, 0.6) is 5.75 Å². The molecule has 0 spiro atoms. The highest BCUT2D eigenvalue weighted by molar-refractivity contribution is 5.88. The smallest absolute Gasteiger partial charge is 0.121 e. The molecule has 0 aromatic heterocycles. The number of fused-ring (bicyclic) bond motifs is 1. The molecule has 15 heavy (non-hydrogen) atoms. The summed E-state index contributed by atoms with van der Waals surface area (Å²) in [5, 5.41) is 20.7. The van der Waals surface area contributed by atoms with Gasteiger partial charge in [0.15, 0.2) is 0 Å². The predicted molar refractivity (Wildman–Crippen MR) is 59.6 cm³/mol. The molecule has 2 rings (SSSR count). The molecule has 3 heteroatoms. The third kappa shape index (κ3) is 1.67. The molecule has 0 heterocycles. The normalized spacial score (nSPS) is 12.9. The molecule has 0 aliphatic rings. The Hall–Kier alpha value is -1.58. The van der Waals surface area contributed by atoms with E-state index >= 15 is 0 Å². The Morgan fingerprint density at radius 1 is 1.13 bits per heavy atom. The molecule has 4 N–H and O–H groups in total. The molecule has 0 saturated heterocycles. The van der Waals surface area contributed by atoms with E-state index in [0.717, 1.165) is 10.8 Å². The van der Waals surface area contributed by atoms with Gasteiger partial charge in [0.05, 0.1) is 12.6 Å². The second-order valence-corrected chi connectivity index (χ2v) is 3.51. The van der Waals surface area contributed by atoms with Crippen LogP contribution in [0, 0.1) is 0 Å². The molecule has 0 bridgehead atoms. The van der Waals surface area contributed by atoms with E-state index in [0.29, 0.717) is 5.56 Å². The lowest BCUT2D eigenvalue weighted by Gasteiger charge is -2.13. The lowest BCUT2D eigenvalue weighted by atomic mass is 9.98. The first-order chi connectivity index (χ1) is 7.24. The minimum atomic E-state index is -0.545. The predicted octanol–water partition coefficient (Wildman–Crippen LogP) is 1.54. The summed E-state index contributed by atoms with van der Waals surface area (Å²) in [6.07, 6.45) is 0. The average molecular weight is 203 g/mol. The lowest BCUT2D eigenvalue weighted by molar-refractivity contribution is 0.266. The Balaban J connectivity index is 2.74. The Bertz CT molecular complexity index is 482. The first-order valence-electron chi connectivity index (χ1n) is 4.81. The number of nitrogens with two attached hydrogens (primary N) is 1. The van der Waals surface area contributed by atoms with Gasteiger partial charge in [0.25, 0.3) is 0 Å². The Labute approximate surface area is 87.8 Å². The van der Waals surface area contributed by atoms with E-state index < -0.39 is 6.04 Å². The zero-order valence-corrected chi connectivity index (χ0v) is 8.22. The van der Waals surface area contributed by atoms with Gasteiger partial charge in [-0.05, 0) is 16.8 Å². The van der Waals surface area contributed by atoms with Gasteiger partial charge in [-0.25, -0.2) is 0 Å². The SMILES string of the molecule is N[C@@H](CO)c1c(O)ccc2ccccc12. The fourth-order valence-electron chi connectivity index (χ4n) is 1.77. The minimum Gasteiger partial charge on any atom is -0.508 e. The van der Waals surface area contributed by atoms with Crippen molar-refractivity contribution in [1.82, 2.24) is 0 Å². The Morgan fingerprint density at radius 2 is 1.87 bits per heavy atom. The van der Waals surface area contributed by atoms with Crippen molar-refractivity contribution in [2.45, 2.75) is 6.04 Å². The van der Waals surface area contributed by atoms with E-state index in [1.54, 1.807) is 6.07 Å². The average Bonchev–Trinajstić information content (AvgIpc) is 2.28. The molecule has 0 amide bonds. The molecule has 0 saturated carbocycles. The van der Waals surface area contributed by atoms with Crippen LogP contribution in [0.15, 0.2) is 36.4 Å². The van der Waals surface area contributed by atoms with Crippen molar-refractivity contribution < 1.29 is 10.2 Å². The number of hydrogen-bond donors (Lipinski definition) is 3. The van der Waals surface area contributed by atoms with Crippen molar-refractivity contribution in [1.29, 1.82) is 0 Å². The molecule has 2 aromatic rings. The molecule has 78 valence electrons. The van der Waals surface area contributed by atoms with Gasteiger partial charge < -0.3 is 15.9 Å². The maximum absolute atomic E-state index is 9.72. The summed E-state index contributed by atoms with van der Waals surface area (Å²) in [6, 6.07) is 10.5. The summed E-state index contributed by atoms with van der Waals surface area (Å²) in [4.78, 5) is 0. The van der Waals surface area contributed by atoms with Crippen molar-refractivity contribution in [2.75, 3.05) is 6.61 Å². The van der Waals surface area contributed by atoms with Crippen molar-refractivity contribution in [3.8, 4) is 5.75 Å². The molecule has 3 nitrogen and oxygen atoms in total. The van der Waals surface area contributed by atoms with Gasteiger partial charge in [-0.1, -0.05) is 30.3 Å². The molecular weight excluding hydrogens is 190 g/mol.